The largest absolute Gasteiger partial charge is 0.478 e. The predicted molar refractivity (Wildman–Crippen MR) is 92.0 cm³/mol. The van der Waals surface area contributed by atoms with E-state index in [1.54, 1.807) is 41.1 Å². The minimum atomic E-state index is -4.50. The monoisotopic (exact) mass is 391 g/mol. The lowest BCUT2D eigenvalue weighted by Crippen LogP contribution is -2.51. The smallest absolute Gasteiger partial charge is 0.406 e. The normalized spacial score (nSPS) is 12.1. The summed E-state index contributed by atoms with van der Waals surface area (Å²) < 4.78 is 44.3. The Labute approximate surface area is 153 Å². The van der Waals surface area contributed by atoms with Gasteiger partial charge in [-0.25, -0.2) is 0 Å². The molecule has 0 N–H and O–H groups in total. The molecule has 1 amide bonds. The second-order valence-electron chi connectivity index (χ2n) is 5.97. The van der Waals surface area contributed by atoms with E-state index in [4.69, 9.17) is 16.3 Å². The molecule has 0 radical (unpaired) electrons. The Morgan fingerprint density at radius 1 is 1.20 bits per heavy atom. The maximum atomic E-state index is 12.9. The summed E-state index contributed by atoms with van der Waals surface area (Å²) in [5.41, 5.74) is -0.820. The Hall–Kier alpha value is -1.73. The molecule has 0 aliphatic rings. The molecule has 2 rings (SSSR count). The van der Waals surface area contributed by atoms with Crippen LogP contribution in [0, 0.1) is 0 Å². The number of thiophene rings is 1. The average Bonchev–Trinajstić information content (AvgIpc) is 2.99. The molecule has 1 aromatic heterocycles. The summed E-state index contributed by atoms with van der Waals surface area (Å²) in [5.74, 6) is -0.392. The average molecular weight is 392 g/mol. The molecule has 2 aromatic rings. The third-order valence-corrected chi connectivity index (χ3v) is 4.30. The molecule has 0 spiro atoms. The molecule has 0 saturated carbocycles. The van der Waals surface area contributed by atoms with Gasteiger partial charge in [0.15, 0.2) is 5.60 Å². The van der Waals surface area contributed by atoms with Crippen molar-refractivity contribution in [1.29, 1.82) is 0 Å². The fourth-order valence-corrected chi connectivity index (χ4v) is 3.03. The van der Waals surface area contributed by atoms with Crippen molar-refractivity contribution >= 4 is 28.8 Å². The highest BCUT2D eigenvalue weighted by atomic mass is 35.5. The lowest BCUT2D eigenvalue weighted by atomic mass is 10.1. The first kappa shape index (κ1) is 19.6. The van der Waals surface area contributed by atoms with Crippen molar-refractivity contribution < 1.29 is 22.7 Å². The molecule has 0 unspecified atom stereocenters. The summed E-state index contributed by atoms with van der Waals surface area (Å²) in [4.78, 5) is 13.5. The number of benzene rings is 1. The van der Waals surface area contributed by atoms with E-state index in [1.807, 2.05) is 0 Å². The van der Waals surface area contributed by atoms with Gasteiger partial charge < -0.3 is 9.64 Å². The highest BCUT2D eigenvalue weighted by Crippen LogP contribution is 2.26. The third kappa shape index (κ3) is 5.93. The van der Waals surface area contributed by atoms with Crippen molar-refractivity contribution in [2.24, 2.45) is 0 Å². The van der Waals surface area contributed by atoms with Crippen molar-refractivity contribution in [2.75, 3.05) is 6.54 Å². The second kappa shape index (κ2) is 7.66. The molecular formula is C17H17ClF3NO2S. The standard InChI is InChI=1S/C17H17ClF3NO2S/c1-16(2,24-14-5-3-13(18)4-6-14)15(23)22(11-17(19,20)21)9-12-7-8-25-10-12/h3-8,10H,9,11H2,1-2H3. The maximum absolute atomic E-state index is 12.9. The Kier molecular flexibility index (Phi) is 6.00. The number of nitrogens with zero attached hydrogens (tertiary/aromatic N) is 1. The highest BCUT2D eigenvalue weighted by Gasteiger charge is 2.40. The van der Waals surface area contributed by atoms with E-state index in [0.717, 1.165) is 4.90 Å². The molecule has 3 nitrogen and oxygen atoms in total. The van der Waals surface area contributed by atoms with E-state index in [1.165, 1.54) is 25.2 Å². The topological polar surface area (TPSA) is 29.5 Å². The number of carbonyl (C=O) groups excluding carboxylic acids is 1. The van der Waals surface area contributed by atoms with Crippen LogP contribution in [0.3, 0.4) is 0 Å². The van der Waals surface area contributed by atoms with Crippen LogP contribution in [0.1, 0.15) is 19.4 Å². The number of alkyl halides is 3. The molecule has 0 bridgehead atoms. The van der Waals surface area contributed by atoms with Gasteiger partial charge in [0, 0.05) is 11.6 Å². The second-order valence-corrected chi connectivity index (χ2v) is 7.19. The number of rotatable bonds is 6. The van der Waals surface area contributed by atoms with E-state index in [2.05, 4.69) is 0 Å². The van der Waals surface area contributed by atoms with Gasteiger partial charge in [-0.05, 0) is 60.5 Å². The summed E-state index contributed by atoms with van der Waals surface area (Å²) in [5, 5.41) is 3.96. The van der Waals surface area contributed by atoms with Gasteiger partial charge in [0.1, 0.15) is 12.3 Å². The minimum Gasteiger partial charge on any atom is -0.478 e. The quantitative estimate of drug-likeness (QED) is 0.681. The summed E-state index contributed by atoms with van der Waals surface area (Å²) >= 11 is 7.15. The number of hydrogen-bond acceptors (Lipinski definition) is 3. The predicted octanol–water partition coefficient (Wildman–Crippen LogP) is 5.15. The zero-order valence-corrected chi connectivity index (χ0v) is 15.2. The number of ether oxygens (including phenoxy) is 1. The van der Waals surface area contributed by atoms with Crippen molar-refractivity contribution in [3.05, 3.63) is 51.7 Å². The molecule has 0 aliphatic heterocycles. The molecule has 0 fully saturated rings. The van der Waals surface area contributed by atoms with Gasteiger partial charge in [-0.3, -0.25) is 4.79 Å². The van der Waals surface area contributed by atoms with E-state index in [-0.39, 0.29) is 6.54 Å². The zero-order valence-electron chi connectivity index (χ0n) is 13.6. The summed E-state index contributed by atoms with van der Waals surface area (Å²) in [6.45, 7) is 1.42. The summed E-state index contributed by atoms with van der Waals surface area (Å²) in [7, 11) is 0. The number of halogens is 4. The Morgan fingerprint density at radius 3 is 2.36 bits per heavy atom. The van der Waals surface area contributed by atoms with Gasteiger partial charge >= 0.3 is 6.18 Å². The van der Waals surface area contributed by atoms with Gasteiger partial charge in [0.2, 0.25) is 0 Å². The zero-order chi connectivity index (χ0) is 18.7. The molecule has 8 heteroatoms. The van der Waals surface area contributed by atoms with Gasteiger partial charge in [0.25, 0.3) is 5.91 Å². The summed E-state index contributed by atoms with van der Waals surface area (Å²) in [6.07, 6.45) is -4.50. The fraction of sp³-hybridized carbons (Fsp3) is 0.353. The van der Waals surface area contributed by atoms with Crippen LogP contribution in [0.2, 0.25) is 5.02 Å². The third-order valence-electron chi connectivity index (χ3n) is 3.31. The molecule has 0 aliphatic carbocycles. The number of carbonyl (C=O) groups is 1. The van der Waals surface area contributed by atoms with E-state index in [0.29, 0.717) is 16.3 Å². The highest BCUT2D eigenvalue weighted by molar-refractivity contribution is 7.07. The van der Waals surface area contributed by atoms with E-state index >= 15 is 0 Å². The van der Waals surface area contributed by atoms with Crippen LogP contribution in [0.15, 0.2) is 41.1 Å². The van der Waals surface area contributed by atoms with Gasteiger partial charge in [0.05, 0.1) is 0 Å². The van der Waals surface area contributed by atoms with Gasteiger partial charge in [-0.15, -0.1) is 0 Å². The fourth-order valence-electron chi connectivity index (χ4n) is 2.24. The van der Waals surface area contributed by atoms with Crippen molar-refractivity contribution in [2.45, 2.75) is 32.2 Å². The SMILES string of the molecule is CC(C)(Oc1ccc(Cl)cc1)C(=O)N(Cc1ccsc1)CC(F)(F)F. The van der Waals surface area contributed by atoms with E-state index < -0.39 is 24.2 Å². The van der Waals surface area contributed by atoms with Crippen LogP contribution >= 0.6 is 22.9 Å². The first-order valence-corrected chi connectivity index (χ1v) is 8.71. The van der Waals surface area contributed by atoms with E-state index in [9.17, 15) is 18.0 Å². The Bertz CT molecular complexity index is 700. The van der Waals surface area contributed by atoms with Gasteiger partial charge in [-0.2, -0.15) is 24.5 Å². The molecule has 0 saturated heterocycles. The molecule has 136 valence electrons. The number of hydrogen-bond donors (Lipinski definition) is 0. The van der Waals surface area contributed by atoms with Crippen LogP contribution < -0.4 is 4.74 Å². The van der Waals surface area contributed by atoms with Crippen molar-refractivity contribution in [3.8, 4) is 5.75 Å². The van der Waals surface area contributed by atoms with Crippen LogP contribution in [-0.2, 0) is 11.3 Å². The Morgan fingerprint density at radius 2 is 1.84 bits per heavy atom. The van der Waals surface area contributed by atoms with Crippen LogP contribution in [0.4, 0.5) is 13.2 Å². The lowest BCUT2D eigenvalue weighted by Gasteiger charge is -2.32. The van der Waals surface area contributed by atoms with Crippen LogP contribution in [0.5, 0.6) is 5.75 Å². The van der Waals surface area contributed by atoms with Crippen LogP contribution in [-0.4, -0.2) is 29.1 Å². The molecular weight excluding hydrogens is 375 g/mol. The molecule has 1 aromatic carbocycles. The first-order chi connectivity index (χ1) is 11.6. The van der Waals surface area contributed by atoms with Gasteiger partial charge in [-0.1, -0.05) is 11.6 Å². The van der Waals surface area contributed by atoms with Crippen molar-refractivity contribution in [1.82, 2.24) is 4.90 Å². The first-order valence-electron chi connectivity index (χ1n) is 7.38. The number of amides is 1. The van der Waals surface area contributed by atoms with Crippen molar-refractivity contribution in [3.63, 3.8) is 0 Å². The summed E-state index contributed by atoms with van der Waals surface area (Å²) in [6, 6.07) is 7.97. The minimum absolute atomic E-state index is 0.130. The molecule has 1 heterocycles. The van der Waals surface area contributed by atoms with Crippen LogP contribution in [0.25, 0.3) is 0 Å². The molecule has 25 heavy (non-hydrogen) atoms. The molecule has 0 atom stereocenters. The maximum Gasteiger partial charge on any atom is 0.406 e. The lowest BCUT2D eigenvalue weighted by molar-refractivity contribution is -0.171. The Balaban J connectivity index is 2.18.